The van der Waals surface area contributed by atoms with E-state index in [1.54, 1.807) is 0 Å². The van der Waals surface area contributed by atoms with Gasteiger partial charge in [-0.2, -0.15) is 0 Å². The number of nitrogens with zero attached hydrogens (tertiary/aromatic N) is 1. The van der Waals surface area contributed by atoms with Gasteiger partial charge in [0.1, 0.15) is 0 Å². The highest BCUT2D eigenvalue weighted by molar-refractivity contribution is 7.80. The third-order valence-electron chi connectivity index (χ3n) is 2.61. The molecule has 1 aliphatic rings. The fraction of sp³-hybridized carbons (Fsp3) is 0.583. The zero-order chi connectivity index (χ0) is 11.7. The van der Waals surface area contributed by atoms with Crippen LogP contribution in [-0.2, 0) is 0 Å². The van der Waals surface area contributed by atoms with Gasteiger partial charge in [-0.1, -0.05) is 13.8 Å². The summed E-state index contributed by atoms with van der Waals surface area (Å²) in [6.07, 6.45) is 2.33. The molecular weight excluding hydrogens is 238 g/mol. The molecule has 88 valence electrons. The van der Waals surface area contributed by atoms with Crippen molar-refractivity contribution in [2.24, 2.45) is 5.92 Å². The first kappa shape index (κ1) is 12.0. The average Bonchev–Trinajstić information content (AvgIpc) is 2.96. The van der Waals surface area contributed by atoms with Crippen LogP contribution in [0.1, 0.15) is 36.4 Å². The lowest BCUT2D eigenvalue weighted by Gasteiger charge is -2.23. The molecule has 1 fully saturated rings. The molecule has 1 aromatic rings. The highest BCUT2D eigenvalue weighted by Gasteiger charge is 2.33. The zero-order valence-corrected chi connectivity index (χ0v) is 11.4. The van der Waals surface area contributed by atoms with Crippen molar-refractivity contribution in [1.82, 2.24) is 4.90 Å². The molecule has 0 aliphatic heterocycles. The Morgan fingerprint density at radius 2 is 2.31 bits per heavy atom. The number of rotatable bonds is 4. The maximum Gasteiger partial charge on any atom is 0.264 e. The fourth-order valence-corrected chi connectivity index (χ4v) is 2.86. The Bertz CT molecular complexity index is 382. The highest BCUT2D eigenvalue weighted by atomic mass is 32.1. The highest BCUT2D eigenvalue weighted by Crippen LogP contribution is 2.30. The molecule has 0 bridgehead atoms. The predicted molar refractivity (Wildman–Crippen MR) is 70.5 cm³/mol. The Balaban J connectivity index is 2.10. The van der Waals surface area contributed by atoms with Crippen molar-refractivity contribution in [2.45, 2.75) is 37.6 Å². The van der Waals surface area contributed by atoms with E-state index in [1.165, 1.54) is 11.3 Å². The Labute approximate surface area is 106 Å². The van der Waals surface area contributed by atoms with E-state index in [9.17, 15) is 4.79 Å². The third kappa shape index (κ3) is 2.80. The van der Waals surface area contributed by atoms with Gasteiger partial charge in [-0.25, -0.2) is 0 Å². The lowest BCUT2D eigenvalue weighted by Crippen LogP contribution is -2.35. The lowest BCUT2D eigenvalue weighted by atomic mass is 10.2. The average molecular weight is 255 g/mol. The monoisotopic (exact) mass is 255 g/mol. The predicted octanol–water partition coefficient (Wildman–Crippen LogP) is 3.30. The number of hydrogen-bond acceptors (Lipinski definition) is 3. The van der Waals surface area contributed by atoms with Gasteiger partial charge in [0.25, 0.3) is 5.91 Å². The largest absolute Gasteiger partial charge is 0.335 e. The summed E-state index contributed by atoms with van der Waals surface area (Å²) in [6, 6.07) is 2.35. The van der Waals surface area contributed by atoms with Crippen molar-refractivity contribution in [3.05, 3.63) is 16.3 Å². The summed E-state index contributed by atoms with van der Waals surface area (Å²) in [4.78, 5) is 16.0. The van der Waals surface area contributed by atoms with Gasteiger partial charge in [0.15, 0.2) is 0 Å². The van der Waals surface area contributed by atoms with E-state index < -0.39 is 0 Å². The standard InChI is InChI=1S/C12H17NOS2/c1-8(2)6-13(9-3-4-9)12(14)11-5-10(15)7-16-11/h5,7-9,15H,3-4,6H2,1-2H3. The molecule has 2 nitrogen and oxygen atoms in total. The van der Waals surface area contributed by atoms with E-state index in [0.29, 0.717) is 12.0 Å². The number of thiophene rings is 1. The van der Waals surface area contributed by atoms with Crippen LogP contribution in [0.5, 0.6) is 0 Å². The van der Waals surface area contributed by atoms with E-state index in [1.807, 2.05) is 16.3 Å². The Hall–Kier alpha value is -0.480. The molecule has 0 aromatic carbocycles. The van der Waals surface area contributed by atoms with Crippen molar-refractivity contribution in [3.8, 4) is 0 Å². The van der Waals surface area contributed by atoms with Gasteiger partial charge in [0.2, 0.25) is 0 Å². The minimum absolute atomic E-state index is 0.182. The maximum absolute atomic E-state index is 12.3. The second-order valence-electron chi connectivity index (χ2n) is 4.75. The van der Waals surface area contributed by atoms with Gasteiger partial charge in [-0.05, 0) is 24.8 Å². The summed E-state index contributed by atoms with van der Waals surface area (Å²) >= 11 is 5.74. The van der Waals surface area contributed by atoms with Crippen LogP contribution in [0, 0.1) is 5.92 Å². The number of carbonyl (C=O) groups is 1. The van der Waals surface area contributed by atoms with E-state index in [0.717, 1.165) is 29.2 Å². The summed E-state index contributed by atoms with van der Waals surface area (Å²) in [5.74, 6) is 0.710. The molecule has 1 saturated carbocycles. The Morgan fingerprint density at radius 3 is 2.75 bits per heavy atom. The van der Waals surface area contributed by atoms with Crippen molar-refractivity contribution < 1.29 is 4.79 Å². The topological polar surface area (TPSA) is 20.3 Å². The molecule has 0 radical (unpaired) electrons. The minimum atomic E-state index is 0.182. The number of amides is 1. The van der Waals surface area contributed by atoms with Gasteiger partial charge in [-0.3, -0.25) is 4.79 Å². The van der Waals surface area contributed by atoms with Gasteiger partial charge >= 0.3 is 0 Å². The first-order chi connectivity index (χ1) is 7.58. The molecule has 16 heavy (non-hydrogen) atoms. The summed E-state index contributed by atoms with van der Waals surface area (Å²) in [5, 5.41) is 1.91. The van der Waals surface area contributed by atoms with Crippen molar-refractivity contribution in [2.75, 3.05) is 6.54 Å². The molecule has 4 heteroatoms. The van der Waals surface area contributed by atoms with Crippen LogP contribution in [-0.4, -0.2) is 23.4 Å². The minimum Gasteiger partial charge on any atom is -0.335 e. The smallest absolute Gasteiger partial charge is 0.264 e. The molecular formula is C12H17NOS2. The Kier molecular flexibility index (Phi) is 3.60. The van der Waals surface area contributed by atoms with Crippen LogP contribution in [0.3, 0.4) is 0 Å². The molecule has 0 saturated heterocycles. The van der Waals surface area contributed by atoms with Crippen LogP contribution in [0.2, 0.25) is 0 Å². The van der Waals surface area contributed by atoms with E-state index in [4.69, 9.17) is 0 Å². The molecule has 1 aromatic heterocycles. The molecule has 0 atom stereocenters. The van der Waals surface area contributed by atoms with E-state index >= 15 is 0 Å². The van der Waals surface area contributed by atoms with E-state index in [-0.39, 0.29) is 5.91 Å². The quantitative estimate of drug-likeness (QED) is 0.819. The normalized spacial score (nSPS) is 15.5. The zero-order valence-electron chi connectivity index (χ0n) is 9.64. The number of hydrogen-bond donors (Lipinski definition) is 1. The van der Waals surface area contributed by atoms with Crippen LogP contribution >= 0.6 is 24.0 Å². The Morgan fingerprint density at radius 1 is 1.62 bits per heavy atom. The molecule has 1 aliphatic carbocycles. The second kappa shape index (κ2) is 4.80. The van der Waals surface area contributed by atoms with Crippen LogP contribution < -0.4 is 0 Å². The molecule has 1 amide bonds. The number of thiol groups is 1. The molecule has 1 heterocycles. The van der Waals surface area contributed by atoms with Crippen molar-refractivity contribution in [1.29, 1.82) is 0 Å². The van der Waals surface area contributed by atoms with Gasteiger partial charge in [-0.15, -0.1) is 24.0 Å². The number of carbonyl (C=O) groups excluding carboxylic acids is 1. The van der Waals surface area contributed by atoms with Gasteiger partial charge in [0.05, 0.1) is 4.88 Å². The summed E-state index contributed by atoms with van der Waals surface area (Å²) in [5.41, 5.74) is 0. The third-order valence-corrected chi connectivity index (χ3v) is 3.96. The summed E-state index contributed by atoms with van der Waals surface area (Å²) in [6.45, 7) is 5.17. The maximum atomic E-state index is 12.3. The first-order valence-electron chi connectivity index (χ1n) is 5.66. The van der Waals surface area contributed by atoms with Gasteiger partial charge in [0, 0.05) is 22.9 Å². The van der Waals surface area contributed by atoms with Crippen molar-refractivity contribution >= 4 is 29.9 Å². The second-order valence-corrected chi connectivity index (χ2v) is 6.18. The fourth-order valence-electron chi connectivity index (χ4n) is 1.76. The molecule has 0 spiro atoms. The molecule has 0 N–H and O–H groups in total. The van der Waals surface area contributed by atoms with Crippen LogP contribution in [0.15, 0.2) is 16.3 Å². The first-order valence-corrected chi connectivity index (χ1v) is 6.99. The summed E-state index contributed by atoms with van der Waals surface area (Å²) in [7, 11) is 0. The molecule has 2 rings (SSSR count). The van der Waals surface area contributed by atoms with E-state index in [2.05, 4.69) is 26.5 Å². The van der Waals surface area contributed by atoms with Crippen molar-refractivity contribution in [3.63, 3.8) is 0 Å². The van der Waals surface area contributed by atoms with Crippen LogP contribution in [0.4, 0.5) is 0 Å². The molecule has 0 unspecified atom stereocenters. The van der Waals surface area contributed by atoms with Gasteiger partial charge < -0.3 is 4.90 Å². The SMILES string of the molecule is CC(C)CN(C(=O)c1cc(S)cs1)C1CC1. The van der Waals surface area contributed by atoms with Crippen LogP contribution in [0.25, 0.3) is 0 Å². The summed E-state index contributed by atoms with van der Waals surface area (Å²) < 4.78 is 0. The lowest BCUT2D eigenvalue weighted by molar-refractivity contribution is 0.0727.